The molecule has 122 valence electrons. The van der Waals surface area contributed by atoms with Gasteiger partial charge in [-0.3, -0.25) is 0 Å². The van der Waals surface area contributed by atoms with E-state index >= 15 is 0 Å². The normalized spacial score (nSPS) is 12.8. The van der Waals surface area contributed by atoms with Crippen LogP contribution in [0.2, 0.25) is 0 Å². The highest BCUT2D eigenvalue weighted by molar-refractivity contribution is 7.89. The highest BCUT2D eigenvalue weighted by atomic mass is 32.2. The third-order valence-electron chi connectivity index (χ3n) is 2.84. The van der Waals surface area contributed by atoms with Gasteiger partial charge in [-0.1, -0.05) is 13.8 Å². The van der Waals surface area contributed by atoms with Crippen molar-refractivity contribution in [3.63, 3.8) is 0 Å². The zero-order valence-electron chi connectivity index (χ0n) is 13.4. The minimum absolute atomic E-state index is 0.0323. The molecule has 0 saturated heterocycles. The van der Waals surface area contributed by atoms with E-state index in [4.69, 9.17) is 9.15 Å². The zero-order valence-corrected chi connectivity index (χ0v) is 14.2. The lowest BCUT2D eigenvalue weighted by molar-refractivity contribution is 0.0735. The van der Waals surface area contributed by atoms with Crippen molar-refractivity contribution in [2.75, 3.05) is 20.2 Å². The molecule has 1 N–H and O–H groups in total. The molecule has 0 radical (unpaired) electrons. The maximum atomic E-state index is 12.3. The van der Waals surface area contributed by atoms with E-state index in [1.165, 1.54) is 17.4 Å². The largest absolute Gasteiger partial charge is 0.447 e. The van der Waals surface area contributed by atoms with Crippen molar-refractivity contribution in [3.8, 4) is 0 Å². The Bertz CT molecular complexity index is 523. The smallest absolute Gasteiger partial charge is 0.276 e. The number of ether oxygens (including phenoxy) is 1. The van der Waals surface area contributed by atoms with Crippen molar-refractivity contribution in [1.29, 1.82) is 0 Å². The van der Waals surface area contributed by atoms with Crippen LogP contribution in [0.5, 0.6) is 0 Å². The van der Waals surface area contributed by atoms with Gasteiger partial charge >= 0.3 is 0 Å². The summed E-state index contributed by atoms with van der Waals surface area (Å²) in [6, 6.07) is 3.48. The number of sulfonamides is 1. The molecule has 0 bridgehead atoms. The number of likely N-dealkylation sites (N-methyl/N-ethyl adjacent to an activating group) is 1. The summed E-state index contributed by atoms with van der Waals surface area (Å²) in [5.41, 5.74) is 0. The fourth-order valence-electron chi connectivity index (χ4n) is 1.59. The van der Waals surface area contributed by atoms with Crippen LogP contribution in [0.25, 0.3) is 0 Å². The van der Waals surface area contributed by atoms with Crippen LogP contribution in [0.15, 0.2) is 21.6 Å². The number of furan rings is 1. The molecule has 0 aliphatic carbocycles. The van der Waals surface area contributed by atoms with Gasteiger partial charge in [0.25, 0.3) is 10.0 Å². The van der Waals surface area contributed by atoms with Gasteiger partial charge in [-0.15, -0.1) is 0 Å². The number of rotatable bonds is 9. The van der Waals surface area contributed by atoms with E-state index in [1.54, 1.807) is 6.07 Å². The summed E-state index contributed by atoms with van der Waals surface area (Å²) in [5.74, 6) is 0.606. The highest BCUT2D eigenvalue weighted by Gasteiger charge is 2.24. The molecule has 1 heterocycles. The molecule has 0 saturated carbocycles. The molecule has 1 aromatic rings. The quantitative estimate of drug-likeness (QED) is 0.752. The van der Waals surface area contributed by atoms with Gasteiger partial charge in [0.15, 0.2) is 0 Å². The van der Waals surface area contributed by atoms with Crippen molar-refractivity contribution >= 4 is 10.0 Å². The second-order valence-corrected chi connectivity index (χ2v) is 7.48. The Morgan fingerprint density at radius 3 is 2.52 bits per heavy atom. The molecule has 0 aliphatic heterocycles. The number of hydrogen-bond acceptors (Lipinski definition) is 5. The van der Waals surface area contributed by atoms with Crippen LogP contribution < -0.4 is 5.32 Å². The molecule has 0 atom stereocenters. The van der Waals surface area contributed by atoms with E-state index in [1.807, 2.05) is 27.7 Å². The molecule has 0 amide bonds. The van der Waals surface area contributed by atoms with Crippen LogP contribution in [-0.2, 0) is 21.3 Å². The lowest BCUT2D eigenvalue weighted by Gasteiger charge is -2.16. The van der Waals surface area contributed by atoms with Gasteiger partial charge in [-0.05, 0) is 26.0 Å². The lowest BCUT2D eigenvalue weighted by Crippen LogP contribution is -2.30. The maximum absolute atomic E-state index is 12.3. The molecule has 6 nitrogen and oxygen atoms in total. The Labute approximate surface area is 127 Å². The summed E-state index contributed by atoms with van der Waals surface area (Å²) in [6.07, 6.45) is 0.0819. The van der Waals surface area contributed by atoms with Gasteiger partial charge in [0.05, 0.1) is 19.3 Å². The summed E-state index contributed by atoms with van der Waals surface area (Å²) in [7, 11) is -2.07. The predicted octanol–water partition coefficient (Wildman–Crippen LogP) is 1.82. The van der Waals surface area contributed by atoms with Crippen LogP contribution in [0.1, 0.15) is 33.5 Å². The topological polar surface area (TPSA) is 71.8 Å². The average molecular weight is 318 g/mol. The van der Waals surface area contributed by atoms with Crippen LogP contribution in [0, 0.1) is 0 Å². The van der Waals surface area contributed by atoms with Gasteiger partial charge in [-0.25, -0.2) is 8.42 Å². The van der Waals surface area contributed by atoms with Gasteiger partial charge in [-0.2, -0.15) is 4.31 Å². The number of nitrogens with zero attached hydrogens (tertiary/aromatic N) is 1. The first-order chi connectivity index (χ1) is 9.73. The van der Waals surface area contributed by atoms with E-state index < -0.39 is 10.0 Å². The van der Waals surface area contributed by atoms with Crippen LogP contribution in [0.3, 0.4) is 0 Å². The van der Waals surface area contributed by atoms with Gasteiger partial charge in [0.2, 0.25) is 5.09 Å². The predicted molar refractivity (Wildman–Crippen MR) is 81.6 cm³/mol. The lowest BCUT2D eigenvalue weighted by atomic mass is 10.3. The minimum atomic E-state index is -3.60. The summed E-state index contributed by atoms with van der Waals surface area (Å²) in [5, 5.41) is 3.15. The van der Waals surface area contributed by atoms with E-state index in [2.05, 4.69) is 5.32 Å². The van der Waals surface area contributed by atoms with Crippen LogP contribution in [0.4, 0.5) is 0 Å². The number of nitrogens with one attached hydrogen (secondary N) is 1. The maximum Gasteiger partial charge on any atom is 0.276 e. The molecule has 0 fully saturated rings. The average Bonchev–Trinajstić information content (AvgIpc) is 2.85. The van der Waals surface area contributed by atoms with E-state index in [-0.39, 0.29) is 11.2 Å². The van der Waals surface area contributed by atoms with Gasteiger partial charge < -0.3 is 14.5 Å². The molecule has 1 aromatic heterocycles. The van der Waals surface area contributed by atoms with Crippen molar-refractivity contribution < 1.29 is 17.6 Å². The second kappa shape index (κ2) is 7.93. The fraction of sp³-hybridized carbons (Fsp3) is 0.714. The number of hydrogen-bond donors (Lipinski definition) is 1. The Balaban J connectivity index is 2.65. The summed E-state index contributed by atoms with van der Waals surface area (Å²) < 4.78 is 36.7. The first-order valence-corrected chi connectivity index (χ1v) is 8.57. The zero-order chi connectivity index (χ0) is 16.0. The van der Waals surface area contributed by atoms with Crippen LogP contribution >= 0.6 is 0 Å². The van der Waals surface area contributed by atoms with Crippen molar-refractivity contribution in [2.24, 2.45) is 0 Å². The fourth-order valence-corrected chi connectivity index (χ4v) is 2.66. The molecule has 1 rings (SSSR count). The Hall–Kier alpha value is -0.890. The van der Waals surface area contributed by atoms with E-state index in [0.717, 1.165) is 0 Å². The SMILES string of the molecule is CC(C)NCc1ccc(S(=O)(=O)N(C)CCOC(C)C)o1. The van der Waals surface area contributed by atoms with Crippen molar-refractivity contribution in [3.05, 3.63) is 17.9 Å². The molecule has 7 heteroatoms. The Morgan fingerprint density at radius 1 is 1.29 bits per heavy atom. The van der Waals surface area contributed by atoms with E-state index in [0.29, 0.717) is 31.5 Å². The Morgan fingerprint density at radius 2 is 1.95 bits per heavy atom. The monoisotopic (exact) mass is 318 g/mol. The highest BCUT2D eigenvalue weighted by Crippen LogP contribution is 2.17. The third kappa shape index (κ3) is 5.78. The Kier molecular flexibility index (Phi) is 6.86. The summed E-state index contributed by atoms with van der Waals surface area (Å²) in [4.78, 5) is 0. The summed E-state index contributed by atoms with van der Waals surface area (Å²) in [6.45, 7) is 9.01. The second-order valence-electron chi connectivity index (χ2n) is 5.50. The van der Waals surface area contributed by atoms with Crippen molar-refractivity contribution in [2.45, 2.75) is 51.5 Å². The molecule has 0 aromatic carbocycles. The van der Waals surface area contributed by atoms with Gasteiger partial charge in [0, 0.05) is 19.6 Å². The van der Waals surface area contributed by atoms with E-state index in [9.17, 15) is 8.42 Å². The van der Waals surface area contributed by atoms with Gasteiger partial charge in [0.1, 0.15) is 5.76 Å². The molecule has 0 spiro atoms. The molecular formula is C14H26N2O4S. The van der Waals surface area contributed by atoms with Crippen molar-refractivity contribution in [1.82, 2.24) is 9.62 Å². The first kappa shape index (κ1) is 18.2. The third-order valence-corrected chi connectivity index (χ3v) is 4.57. The molecule has 21 heavy (non-hydrogen) atoms. The molecular weight excluding hydrogens is 292 g/mol. The first-order valence-electron chi connectivity index (χ1n) is 7.13. The standard InChI is InChI=1S/C14H26N2O4S/c1-11(2)15-10-13-6-7-14(20-13)21(17,18)16(5)8-9-19-12(3)4/h6-7,11-12,15H,8-10H2,1-5H3. The van der Waals surface area contributed by atoms with Crippen LogP contribution in [-0.4, -0.2) is 45.1 Å². The summed E-state index contributed by atoms with van der Waals surface area (Å²) >= 11 is 0. The molecule has 0 aliphatic rings. The molecule has 0 unspecified atom stereocenters. The minimum Gasteiger partial charge on any atom is -0.447 e.